The average Bonchev–Trinajstić information content (AvgIpc) is 3.37. The Bertz CT molecular complexity index is 1260. The lowest BCUT2D eigenvalue weighted by atomic mass is 10.1. The number of rotatable bonds is 4. The van der Waals surface area contributed by atoms with E-state index in [1.165, 1.54) is 4.57 Å². The lowest BCUT2D eigenvalue weighted by molar-refractivity contribution is 0.154. The van der Waals surface area contributed by atoms with Crippen LogP contribution in [-0.2, 0) is 6.54 Å². The van der Waals surface area contributed by atoms with Gasteiger partial charge in [0.1, 0.15) is 5.52 Å². The van der Waals surface area contributed by atoms with E-state index in [0.717, 1.165) is 16.8 Å². The highest BCUT2D eigenvalue weighted by Crippen LogP contribution is 2.34. The molecule has 3 heterocycles. The monoisotopic (exact) mass is 389 g/mol. The van der Waals surface area contributed by atoms with Crippen LogP contribution in [0.3, 0.4) is 0 Å². The minimum atomic E-state index is -0.857. The second-order valence-electron chi connectivity index (χ2n) is 7.11. The van der Waals surface area contributed by atoms with Crippen LogP contribution in [0.4, 0.5) is 0 Å². The first-order valence-corrected chi connectivity index (χ1v) is 9.32. The molecule has 2 aromatic heterocycles. The molecule has 5 rings (SSSR count). The first kappa shape index (κ1) is 17.5. The summed E-state index contributed by atoms with van der Waals surface area (Å²) in [5, 5.41) is 15.1. The second-order valence-corrected chi connectivity index (χ2v) is 7.11. The van der Waals surface area contributed by atoms with Crippen molar-refractivity contribution in [1.29, 1.82) is 0 Å². The third-order valence-electron chi connectivity index (χ3n) is 5.10. The largest absolute Gasteiger partial charge is 0.454 e. The van der Waals surface area contributed by atoms with Crippen molar-refractivity contribution in [2.75, 3.05) is 6.79 Å². The van der Waals surface area contributed by atoms with Crippen molar-refractivity contribution in [2.45, 2.75) is 19.6 Å². The molecule has 7 nitrogen and oxygen atoms in total. The third-order valence-corrected chi connectivity index (χ3v) is 5.10. The van der Waals surface area contributed by atoms with Gasteiger partial charge in [-0.25, -0.2) is 4.52 Å². The summed E-state index contributed by atoms with van der Waals surface area (Å²) in [4.78, 5) is 12.9. The Morgan fingerprint density at radius 1 is 1.07 bits per heavy atom. The summed E-state index contributed by atoms with van der Waals surface area (Å²) in [6.45, 7) is 2.33. The first-order valence-electron chi connectivity index (χ1n) is 9.32. The summed E-state index contributed by atoms with van der Waals surface area (Å²) >= 11 is 0. The fourth-order valence-electron chi connectivity index (χ4n) is 3.45. The van der Waals surface area contributed by atoms with Crippen molar-refractivity contribution >= 4 is 5.52 Å². The van der Waals surface area contributed by atoms with Crippen molar-refractivity contribution in [3.05, 3.63) is 82.4 Å². The molecule has 0 radical (unpaired) electrons. The predicted molar refractivity (Wildman–Crippen MR) is 107 cm³/mol. The Hall–Kier alpha value is -3.58. The minimum Gasteiger partial charge on any atom is -0.454 e. The summed E-state index contributed by atoms with van der Waals surface area (Å²) in [7, 11) is 0. The van der Waals surface area contributed by atoms with Gasteiger partial charge in [0.2, 0.25) is 6.79 Å². The molecule has 0 saturated carbocycles. The van der Waals surface area contributed by atoms with Gasteiger partial charge in [0.05, 0.1) is 18.3 Å². The number of hydrogen-bond acceptors (Lipinski definition) is 5. The standard InChI is InChI=1S/C22H19N3O4/c1-14-2-4-15(5-3-14)17-11-18-22(27)24(8-9-25(18)23-17)12-19(26)16-6-7-20-21(10-16)29-13-28-20/h2-11,19,26H,12-13H2,1H3/t19-/m0/s1. The summed E-state index contributed by atoms with van der Waals surface area (Å²) in [5.74, 6) is 1.25. The van der Waals surface area contributed by atoms with Crippen LogP contribution in [-0.4, -0.2) is 26.1 Å². The van der Waals surface area contributed by atoms with Gasteiger partial charge in [0, 0.05) is 18.0 Å². The van der Waals surface area contributed by atoms with Gasteiger partial charge in [-0.05, 0) is 30.7 Å². The normalized spacial score (nSPS) is 13.7. The smallest absolute Gasteiger partial charge is 0.276 e. The van der Waals surface area contributed by atoms with E-state index in [2.05, 4.69) is 5.10 Å². The minimum absolute atomic E-state index is 0.125. The molecule has 0 spiro atoms. The maximum Gasteiger partial charge on any atom is 0.276 e. The van der Waals surface area contributed by atoms with Gasteiger partial charge in [-0.1, -0.05) is 35.9 Å². The van der Waals surface area contributed by atoms with Gasteiger partial charge in [-0.15, -0.1) is 0 Å². The van der Waals surface area contributed by atoms with Crippen molar-refractivity contribution in [1.82, 2.24) is 14.2 Å². The quantitative estimate of drug-likeness (QED) is 0.581. The van der Waals surface area contributed by atoms with E-state index >= 15 is 0 Å². The molecule has 0 fully saturated rings. The molecular weight excluding hydrogens is 370 g/mol. The Morgan fingerprint density at radius 2 is 1.86 bits per heavy atom. The number of hydrogen-bond donors (Lipinski definition) is 1. The van der Waals surface area contributed by atoms with Crippen molar-refractivity contribution in [3.63, 3.8) is 0 Å². The molecule has 1 N–H and O–H groups in total. The van der Waals surface area contributed by atoms with Crippen LogP contribution in [0.15, 0.2) is 65.7 Å². The Balaban J connectivity index is 1.45. The highest BCUT2D eigenvalue weighted by molar-refractivity contribution is 5.65. The molecule has 0 unspecified atom stereocenters. The predicted octanol–water partition coefficient (Wildman–Crippen LogP) is 2.93. The van der Waals surface area contributed by atoms with E-state index in [-0.39, 0.29) is 18.9 Å². The topological polar surface area (TPSA) is 78.0 Å². The van der Waals surface area contributed by atoms with Crippen molar-refractivity contribution in [2.24, 2.45) is 0 Å². The van der Waals surface area contributed by atoms with E-state index in [1.807, 2.05) is 31.2 Å². The van der Waals surface area contributed by atoms with Gasteiger partial charge < -0.3 is 19.1 Å². The van der Waals surface area contributed by atoms with Crippen LogP contribution < -0.4 is 15.0 Å². The molecule has 0 aliphatic carbocycles. The van der Waals surface area contributed by atoms with Crippen LogP contribution in [0.1, 0.15) is 17.2 Å². The molecule has 1 aliphatic rings. The number of aliphatic hydroxyl groups excluding tert-OH is 1. The highest BCUT2D eigenvalue weighted by Gasteiger charge is 2.18. The fraction of sp³-hybridized carbons (Fsp3) is 0.182. The van der Waals surface area contributed by atoms with Crippen LogP contribution >= 0.6 is 0 Å². The molecule has 1 atom stereocenters. The fourth-order valence-corrected chi connectivity index (χ4v) is 3.45. The van der Waals surface area contributed by atoms with Crippen LogP contribution in [0.2, 0.25) is 0 Å². The number of aryl methyl sites for hydroxylation is 1. The van der Waals surface area contributed by atoms with Gasteiger partial charge in [-0.3, -0.25) is 4.79 Å². The summed E-state index contributed by atoms with van der Waals surface area (Å²) in [6, 6.07) is 15.0. The second kappa shape index (κ2) is 6.79. The zero-order valence-corrected chi connectivity index (χ0v) is 15.8. The van der Waals surface area contributed by atoms with E-state index in [9.17, 15) is 9.90 Å². The maximum atomic E-state index is 12.9. The zero-order chi connectivity index (χ0) is 20.0. The number of nitrogens with zero attached hydrogens (tertiary/aromatic N) is 3. The highest BCUT2D eigenvalue weighted by atomic mass is 16.7. The van der Waals surface area contributed by atoms with Crippen molar-refractivity contribution < 1.29 is 14.6 Å². The SMILES string of the molecule is Cc1ccc(-c2cc3c(=O)n(C[C@H](O)c4ccc5c(c4)OCO5)ccn3n2)cc1. The van der Waals surface area contributed by atoms with Gasteiger partial charge in [0.25, 0.3) is 5.56 Å². The van der Waals surface area contributed by atoms with E-state index in [1.54, 1.807) is 41.2 Å². The van der Waals surface area contributed by atoms with Crippen LogP contribution in [0.25, 0.3) is 16.8 Å². The molecule has 0 amide bonds. The molecular formula is C22H19N3O4. The lowest BCUT2D eigenvalue weighted by Crippen LogP contribution is -2.24. The molecule has 29 heavy (non-hydrogen) atoms. The Morgan fingerprint density at radius 3 is 2.69 bits per heavy atom. The van der Waals surface area contributed by atoms with Crippen molar-refractivity contribution in [3.8, 4) is 22.8 Å². The number of benzene rings is 2. The molecule has 146 valence electrons. The summed E-state index contributed by atoms with van der Waals surface area (Å²) in [5.41, 5.74) is 3.76. The maximum absolute atomic E-state index is 12.9. The van der Waals surface area contributed by atoms with E-state index < -0.39 is 6.10 Å². The van der Waals surface area contributed by atoms with Gasteiger partial charge >= 0.3 is 0 Å². The van der Waals surface area contributed by atoms with Crippen LogP contribution in [0, 0.1) is 6.92 Å². The first-order chi connectivity index (χ1) is 14.1. The molecule has 4 aromatic rings. The molecule has 0 bridgehead atoms. The molecule has 1 aliphatic heterocycles. The number of aromatic nitrogens is 3. The number of fused-ring (bicyclic) bond motifs is 2. The Kier molecular flexibility index (Phi) is 4.10. The third kappa shape index (κ3) is 3.15. The van der Waals surface area contributed by atoms with Gasteiger partial charge in [-0.2, -0.15) is 5.10 Å². The van der Waals surface area contributed by atoms with E-state index in [0.29, 0.717) is 22.6 Å². The summed E-state index contributed by atoms with van der Waals surface area (Å²) < 4.78 is 13.7. The molecule has 7 heteroatoms. The lowest BCUT2D eigenvalue weighted by Gasteiger charge is -2.13. The number of ether oxygens (including phenoxy) is 2. The zero-order valence-electron chi connectivity index (χ0n) is 15.8. The number of aliphatic hydroxyl groups is 1. The van der Waals surface area contributed by atoms with Crippen LogP contribution in [0.5, 0.6) is 11.5 Å². The van der Waals surface area contributed by atoms with Gasteiger partial charge in [0.15, 0.2) is 11.5 Å². The Labute approximate surface area is 166 Å². The van der Waals surface area contributed by atoms with E-state index in [4.69, 9.17) is 9.47 Å². The average molecular weight is 389 g/mol. The molecule has 2 aromatic carbocycles. The molecule has 0 saturated heterocycles. The summed E-state index contributed by atoms with van der Waals surface area (Å²) in [6.07, 6.45) is 2.50.